The van der Waals surface area contributed by atoms with Crippen LogP contribution in [0, 0.1) is 0 Å². The molecule has 0 aliphatic heterocycles. The lowest BCUT2D eigenvalue weighted by Crippen LogP contribution is -2.49. The third-order valence-corrected chi connectivity index (χ3v) is 4.29. The molecule has 0 aromatic heterocycles. The first-order valence-electron chi connectivity index (χ1n) is 7.06. The molecule has 0 spiro atoms. The van der Waals surface area contributed by atoms with E-state index in [1.807, 2.05) is 19.9 Å². The Morgan fingerprint density at radius 3 is 2.20 bits per heavy atom. The normalized spacial score (nSPS) is 12.7. The number of hydrogen-bond donors (Lipinski definition) is 1. The Hall–Kier alpha value is -1.25. The van der Waals surface area contributed by atoms with Gasteiger partial charge in [-0.1, -0.05) is 41.9 Å². The van der Waals surface area contributed by atoms with E-state index in [9.17, 15) is 5.11 Å². The van der Waals surface area contributed by atoms with E-state index in [2.05, 4.69) is 38.2 Å². The van der Waals surface area contributed by atoms with Crippen LogP contribution < -0.4 is 10.9 Å². The van der Waals surface area contributed by atoms with Gasteiger partial charge in [-0.15, -0.1) is 0 Å². The zero-order valence-electron chi connectivity index (χ0n) is 13.0. The zero-order valence-corrected chi connectivity index (χ0v) is 13.0. The van der Waals surface area contributed by atoms with Crippen molar-refractivity contribution >= 4 is 37.0 Å². The maximum Gasteiger partial charge on any atom is 0.310 e. The van der Waals surface area contributed by atoms with Crippen molar-refractivity contribution in [2.75, 3.05) is 0 Å². The Kier molecular flexibility index (Phi) is 3.99. The highest BCUT2D eigenvalue weighted by atomic mass is 16.5. The Morgan fingerprint density at radius 2 is 1.60 bits per heavy atom. The van der Waals surface area contributed by atoms with Gasteiger partial charge < -0.3 is 9.76 Å². The third-order valence-electron chi connectivity index (χ3n) is 4.29. The van der Waals surface area contributed by atoms with Crippen molar-refractivity contribution in [1.82, 2.24) is 0 Å². The first-order valence-corrected chi connectivity index (χ1v) is 7.06. The van der Waals surface area contributed by atoms with Crippen LogP contribution in [0.2, 0.25) is 0 Å². The lowest BCUT2D eigenvalue weighted by Gasteiger charge is -2.37. The highest BCUT2D eigenvalue weighted by molar-refractivity contribution is 6.53. The summed E-state index contributed by atoms with van der Waals surface area (Å²) >= 11 is 0. The predicted octanol–water partition coefficient (Wildman–Crippen LogP) is 0.641. The van der Waals surface area contributed by atoms with Crippen LogP contribution in [0.4, 0.5) is 0 Å². The molecule has 0 fully saturated rings. The van der Waals surface area contributed by atoms with Gasteiger partial charge in [0, 0.05) is 0 Å². The van der Waals surface area contributed by atoms with E-state index in [1.54, 1.807) is 13.8 Å². The third kappa shape index (κ3) is 2.92. The number of aliphatic hydroxyl groups is 1. The van der Waals surface area contributed by atoms with Crippen LogP contribution in [0.1, 0.15) is 27.7 Å². The summed E-state index contributed by atoms with van der Waals surface area (Å²) in [7, 11) is 2.62. The molecule has 0 amide bonds. The summed E-state index contributed by atoms with van der Waals surface area (Å²) in [6.45, 7) is 7.40. The average molecular weight is 268 g/mol. The van der Waals surface area contributed by atoms with Crippen molar-refractivity contribution in [2.45, 2.75) is 38.9 Å². The second-order valence-electron chi connectivity index (χ2n) is 6.45. The topological polar surface area (TPSA) is 29.5 Å². The van der Waals surface area contributed by atoms with Gasteiger partial charge in [-0.3, -0.25) is 0 Å². The molecule has 2 rings (SSSR count). The fourth-order valence-corrected chi connectivity index (χ4v) is 2.07. The van der Waals surface area contributed by atoms with Gasteiger partial charge in [-0.2, -0.15) is 0 Å². The molecule has 2 nitrogen and oxygen atoms in total. The smallest absolute Gasteiger partial charge is 0.310 e. The second kappa shape index (κ2) is 5.27. The van der Waals surface area contributed by atoms with Gasteiger partial charge in [0.15, 0.2) is 0 Å². The first-order chi connectivity index (χ1) is 9.22. The lowest BCUT2D eigenvalue weighted by molar-refractivity contribution is -0.0893. The van der Waals surface area contributed by atoms with Crippen LogP contribution in [0.3, 0.4) is 0 Å². The van der Waals surface area contributed by atoms with Crippen molar-refractivity contribution in [3.63, 3.8) is 0 Å². The van der Waals surface area contributed by atoms with Gasteiger partial charge in [-0.25, -0.2) is 0 Å². The van der Waals surface area contributed by atoms with Gasteiger partial charge in [0.1, 0.15) is 7.85 Å². The molecular formula is C16H22B2O2. The summed E-state index contributed by atoms with van der Waals surface area (Å²) in [6, 6.07) is 12.6. The van der Waals surface area contributed by atoms with E-state index in [0.717, 1.165) is 5.46 Å². The Labute approximate surface area is 122 Å². The van der Waals surface area contributed by atoms with Crippen LogP contribution >= 0.6 is 0 Å². The number of rotatable bonds is 4. The summed E-state index contributed by atoms with van der Waals surface area (Å²) < 4.78 is 5.98. The second-order valence-corrected chi connectivity index (χ2v) is 6.45. The van der Waals surface area contributed by atoms with Gasteiger partial charge in [0.25, 0.3) is 0 Å². The first kappa shape index (κ1) is 15.1. The molecule has 104 valence electrons. The van der Waals surface area contributed by atoms with Crippen LogP contribution in [0.25, 0.3) is 10.8 Å². The highest BCUT2D eigenvalue weighted by Crippen LogP contribution is 2.24. The average Bonchev–Trinajstić information content (AvgIpc) is 2.37. The number of hydrogen-bond acceptors (Lipinski definition) is 2. The SMILES string of the molecule is Bc1ccc(BOC(C)(C)C(C)(C)O)c2ccccc12. The molecule has 0 radical (unpaired) electrons. The van der Waals surface area contributed by atoms with Crippen molar-refractivity contribution in [3.8, 4) is 0 Å². The highest BCUT2D eigenvalue weighted by Gasteiger charge is 2.35. The molecule has 20 heavy (non-hydrogen) atoms. The van der Waals surface area contributed by atoms with Crippen molar-refractivity contribution < 1.29 is 9.76 Å². The molecule has 0 saturated heterocycles. The van der Waals surface area contributed by atoms with Gasteiger partial charge >= 0.3 is 7.48 Å². The van der Waals surface area contributed by atoms with Gasteiger partial charge in [0.05, 0.1) is 11.2 Å². The Bertz CT molecular complexity index is 615. The van der Waals surface area contributed by atoms with E-state index < -0.39 is 11.2 Å². The van der Waals surface area contributed by atoms with Crippen molar-refractivity contribution in [2.24, 2.45) is 0 Å². The van der Waals surface area contributed by atoms with Gasteiger partial charge in [0.2, 0.25) is 0 Å². The van der Waals surface area contributed by atoms with Gasteiger partial charge in [-0.05, 0) is 43.9 Å². The molecule has 0 bridgehead atoms. The zero-order chi connectivity index (χ0) is 15.0. The summed E-state index contributed by atoms with van der Waals surface area (Å²) in [6.07, 6.45) is 0. The van der Waals surface area contributed by atoms with E-state index in [4.69, 9.17) is 4.65 Å². The van der Waals surface area contributed by atoms with E-state index >= 15 is 0 Å². The van der Waals surface area contributed by atoms with Crippen molar-refractivity contribution in [1.29, 1.82) is 0 Å². The number of fused-ring (bicyclic) bond motifs is 1. The Morgan fingerprint density at radius 1 is 1.00 bits per heavy atom. The molecule has 4 heteroatoms. The van der Waals surface area contributed by atoms with Crippen molar-refractivity contribution in [3.05, 3.63) is 36.4 Å². The molecule has 2 aromatic rings. The molecular weight excluding hydrogens is 246 g/mol. The molecule has 1 N–H and O–H groups in total. The Balaban J connectivity index is 2.30. The van der Waals surface area contributed by atoms with E-state index in [-0.39, 0.29) is 0 Å². The standard InChI is InChI=1S/C16H22B2O2/c1-15(2,19)16(3,4)20-18-14-10-9-13(17)11-7-5-6-8-12(11)14/h5-10,18-19H,17H2,1-4H3. The lowest BCUT2D eigenvalue weighted by atomic mass is 9.77. The van der Waals surface area contributed by atoms with E-state index in [1.165, 1.54) is 16.2 Å². The quantitative estimate of drug-likeness (QED) is 0.824. The summed E-state index contributed by atoms with van der Waals surface area (Å²) in [4.78, 5) is 0. The molecule has 0 aliphatic rings. The van der Waals surface area contributed by atoms with Crippen LogP contribution in [0.5, 0.6) is 0 Å². The minimum Gasteiger partial charge on any atom is -0.427 e. The minimum atomic E-state index is -0.881. The molecule has 0 unspecified atom stereocenters. The summed E-state index contributed by atoms with van der Waals surface area (Å²) in [5.74, 6) is 0. The van der Waals surface area contributed by atoms with Crippen LogP contribution in [0.15, 0.2) is 36.4 Å². The fourth-order valence-electron chi connectivity index (χ4n) is 2.07. The fraction of sp³-hybridized carbons (Fsp3) is 0.375. The monoisotopic (exact) mass is 268 g/mol. The molecule has 0 heterocycles. The van der Waals surface area contributed by atoms with Crippen LogP contribution in [-0.4, -0.2) is 31.6 Å². The molecule has 0 atom stereocenters. The predicted molar refractivity (Wildman–Crippen MR) is 90.4 cm³/mol. The maximum absolute atomic E-state index is 10.2. The molecule has 0 aliphatic carbocycles. The largest absolute Gasteiger partial charge is 0.427 e. The van der Waals surface area contributed by atoms with E-state index in [0.29, 0.717) is 7.48 Å². The van der Waals surface area contributed by atoms with Crippen LogP contribution in [-0.2, 0) is 4.65 Å². The molecule has 0 saturated carbocycles. The summed E-state index contributed by atoms with van der Waals surface area (Å²) in [5, 5.41) is 12.6. The maximum atomic E-state index is 10.2. The minimum absolute atomic E-state index is 0.498. The number of benzene rings is 2. The molecule has 2 aromatic carbocycles. The summed E-state index contributed by atoms with van der Waals surface area (Å²) in [5.41, 5.74) is 0.946.